The highest BCUT2D eigenvalue weighted by Crippen LogP contribution is 2.26. The van der Waals surface area contributed by atoms with Crippen molar-refractivity contribution >= 4 is 40.0 Å². The van der Waals surface area contributed by atoms with E-state index in [0.29, 0.717) is 45.4 Å². The third-order valence-corrected chi connectivity index (χ3v) is 5.97. The van der Waals surface area contributed by atoms with Gasteiger partial charge in [0.1, 0.15) is 0 Å². The van der Waals surface area contributed by atoms with Crippen molar-refractivity contribution in [1.82, 2.24) is 29.4 Å². The molecule has 156 valence electrons. The smallest absolute Gasteiger partial charge is 0.262 e. The third-order valence-electron chi connectivity index (χ3n) is 4.81. The number of thioether (sulfide) groups is 1. The SMILES string of the molecule is CCCn1c(=O)c2ccccc2n2c(SCc3nnc(-c4ccc(Cl)cc4)o3)nnc12. The second-order valence-corrected chi connectivity index (χ2v) is 8.27. The van der Waals surface area contributed by atoms with Gasteiger partial charge in [0.05, 0.1) is 16.7 Å². The topological polar surface area (TPSA) is 91.1 Å². The highest BCUT2D eigenvalue weighted by atomic mass is 35.5. The van der Waals surface area contributed by atoms with Crippen molar-refractivity contribution < 1.29 is 4.42 Å². The molecule has 0 fully saturated rings. The Hall–Kier alpha value is -3.17. The van der Waals surface area contributed by atoms with Crippen LogP contribution < -0.4 is 5.56 Å². The average Bonchev–Trinajstić information content (AvgIpc) is 3.43. The van der Waals surface area contributed by atoms with Crippen molar-refractivity contribution in [3.05, 3.63) is 69.8 Å². The summed E-state index contributed by atoms with van der Waals surface area (Å²) in [5.74, 6) is 1.85. The van der Waals surface area contributed by atoms with Gasteiger partial charge < -0.3 is 4.42 Å². The molecule has 0 bridgehead atoms. The summed E-state index contributed by atoms with van der Waals surface area (Å²) in [4.78, 5) is 12.9. The largest absolute Gasteiger partial charge is 0.420 e. The monoisotopic (exact) mass is 452 g/mol. The molecule has 0 aliphatic rings. The van der Waals surface area contributed by atoms with Gasteiger partial charge in [-0.2, -0.15) is 0 Å². The minimum Gasteiger partial charge on any atom is -0.420 e. The Kier molecular flexibility index (Phi) is 5.21. The molecule has 3 aromatic heterocycles. The molecule has 10 heteroatoms. The lowest BCUT2D eigenvalue weighted by molar-refractivity contribution is 0.528. The van der Waals surface area contributed by atoms with Crippen molar-refractivity contribution in [3.63, 3.8) is 0 Å². The van der Waals surface area contributed by atoms with Crippen molar-refractivity contribution in [1.29, 1.82) is 0 Å². The van der Waals surface area contributed by atoms with Gasteiger partial charge in [-0.3, -0.25) is 13.8 Å². The first kappa shape index (κ1) is 19.8. The molecule has 3 heterocycles. The zero-order valence-electron chi connectivity index (χ0n) is 16.5. The van der Waals surface area contributed by atoms with Crippen molar-refractivity contribution in [2.75, 3.05) is 0 Å². The Morgan fingerprint density at radius 1 is 1.03 bits per heavy atom. The number of aryl methyl sites for hydroxylation is 1. The highest BCUT2D eigenvalue weighted by molar-refractivity contribution is 7.98. The van der Waals surface area contributed by atoms with E-state index < -0.39 is 0 Å². The van der Waals surface area contributed by atoms with E-state index in [4.69, 9.17) is 16.0 Å². The van der Waals surface area contributed by atoms with Gasteiger partial charge >= 0.3 is 0 Å². The molecule has 2 aromatic carbocycles. The molecular weight excluding hydrogens is 436 g/mol. The van der Waals surface area contributed by atoms with Crippen LogP contribution in [0, 0.1) is 0 Å². The number of halogens is 1. The summed E-state index contributed by atoms with van der Waals surface area (Å²) in [6.07, 6.45) is 0.818. The van der Waals surface area contributed by atoms with E-state index in [9.17, 15) is 4.79 Å². The molecule has 0 N–H and O–H groups in total. The normalized spacial score (nSPS) is 11.5. The summed E-state index contributed by atoms with van der Waals surface area (Å²) < 4.78 is 9.37. The van der Waals surface area contributed by atoms with Crippen LogP contribution in [0.3, 0.4) is 0 Å². The number of rotatable bonds is 6. The summed E-state index contributed by atoms with van der Waals surface area (Å²) in [5, 5.41) is 18.8. The Morgan fingerprint density at radius 2 is 1.84 bits per heavy atom. The summed E-state index contributed by atoms with van der Waals surface area (Å²) in [7, 11) is 0. The lowest BCUT2D eigenvalue weighted by Gasteiger charge is -2.10. The third kappa shape index (κ3) is 3.60. The molecule has 0 saturated carbocycles. The van der Waals surface area contributed by atoms with Gasteiger partial charge in [-0.15, -0.1) is 20.4 Å². The van der Waals surface area contributed by atoms with Gasteiger partial charge in [0, 0.05) is 17.1 Å². The number of hydrogen-bond acceptors (Lipinski definition) is 7. The van der Waals surface area contributed by atoms with Crippen molar-refractivity contribution in [2.24, 2.45) is 0 Å². The number of nitrogens with zero attached hydrogens (tertiary/aromatic N) is 6. The second kappa shape index (κ2) is 8.16. The molecule has 8 nitrogen and oxygen atoms in total. The Labute approximate surface area is 185 Å². The fourth-order valence-electron chi connectivity index (χ4n) is 3.40. The first-order chi connectivity index (χ1) is 15.2. The van der Waals surface area contributed by atoms with Crippen LogP contribution >= 0.6 is 23.4 Å². The second-order valence-electron chi connectivity index (χ2n) is 6.89. The predicted molar refractivity (Wildman–Crippen MR) is 119 cm³/mol. The van der Waals surface area contributed by atoms with Crippen molar-refractivity contribution in [2.45, 2.75) is 30.8 Å². The summed E-state index contributed by atoms with van der Waals surface area (Å²) in [5.41, 5.74) is 1.52. The zero-order valence-corrected chi connectivity index (χ0v) is 18.1. The summed E-state index contributed by atoms with van der Waals surface area (Å²) in [6.45, 7) is 2.60. The van der Waals surface area contributed by atoms with Crippen LogP contribution in [0.15, 0.2) is 62.9 Å². The van der Waals surface area contributed by atoms with Gasteiger partial charge in [-0.25, -0.2) is 0 Å². The van der Waals surface area contributed by atoms with Crippen LogP contribution in [0.25, 0.3) is 28.1 Å². The molecule has 0 spiro atoms. The number of para-hydroxylation sites is 1. The Balaban J connectivity index is 1.49. The standard InChI is InChI=1S/C21H17ClN6O2S/c1-2-11-27-19(29)15-5-3-4-6-16(15)28-20(27)25-26-21(28)31-12-17-23-24-18(30-17)13-7-9-14(22)10-8-13/h3-10H,2,11-12H2,1H3. The lowest BCUT2D eigenvalue weighted by Crippen LogP contribution is -2.23. The fourth-order valence-corrected chi connectivity index (χ4v) is 4.30. The molecule has 31 heavy (non-hydrogen) atoms. The highest BCUT2D eigenvalue weighted by Gasteiger charge is 2.17. The van der Waals surface area contributed by atoms with E-state index in [2.05, 4.69) is 20.4 Å². The number of aromatic nitrogens is 6. The first-order valence-electron chi connectivity index (χ1n) is 9.73. The first-order valence-corrected chi connectivity index (χ1v) is 11.1. The molecular formula is C21H17ClN6O2S. The van der Waals surface area contributed by atoms with E-state index in [0.717, 1.165) is 17.5 Å². The maximum Gasteiger partial charge on any atom is 0.262 e. The Bertz CT molecular complexity index is 1440. The fraction of sp³-hybridized carbons (Fsp3) is 0.190. The lowest BCUT2D eigenvalue weighted by atomic mass is 10.2. The van der Waals surface area contributed by atoms with E-state index >= 15 is 0 Å². The van der Waals surface area contributed by atoms with E-state index in [-0.39, 0.29) is 5.56 Å². The van der Waals surface area contributed by atoms with Gasteiger partial charge in [0.15, 0.2) is 5.16 Å². The van der Waals surface area contributed by atoms with Crippen LogP contribution in [0.4, 0.5) is 0 Å². The Morgan fingerprint density at radius 3 is 2.65 bits per heavy atom. The summed E-state index contributed by atoms with van der Waals surface area (Å²) >= 11 is 7.36. The number of benzene rings is 2. The van der Waals surface area contributed by atoms with Crippen LogP contribution in [0.5, 0.6) is 0 Å². The van der Waals surface area contributed by atoms with Crippen LogP contribution in [0.2, 0.25) is 5.02 Å². The van der Waals surface area contributed by atoms with Crippen LogP contribution in [-0.2, 0) is 12.3 Å². The molecule has 0 aliphatic heterocycles. The molecule has 0 radical (unpaired) electrons. The van der Waals surface area contributed by atoms with Gasteiger partial charge in [-0.05, 0) is 42.8 Å². The van der Waals surface area contributed by atoms with Crippen molar-refractivity contribution in [3.8, 4) is 11.5 Å². The van der Waals surface area contributed by atoms with E-state index in [1.54, 1.807) is 16.7 Å². The zero-order chi connectivity index (χ0) is 21.4. The summed E-state index contributed by atoms with van der Waals surface area (Å²) in [6, 6.07) is 14.7. The maximum absolute atomic E-state index is 12.9. The quantitative estimate of drug-likeness (QED) is 0.351. The van der Waals surface area contributed by atoms with Crippen LogP contribution in [-0.4, -0.2) is 29.4 Å². The molecule has 0 aliphatic carbocycles. The molecule has 0 unspecified atom stereocenters. The molecule has 0 saturated heterocycles. The average molecular weight is 453 g/mol. The minimum absolute atomic E-state index is 0.0570. The van der Waals surface area contributed by atoms with E-state index in [1.807, 2.05) is 47.7 Å². The molecule has 5 aromatic rings. The maximum atomic E-state index is 12.9. The molecule has 0 atom stereocenters. The van der Waals surface area contributed by atoms with E-state index in [1.165, 1.54) is 11.8 Å². The number of hydrogen-bond donors (Lipinski definition) is 0. The van der Waals surface area contributed by atoms with Gasteiger partial charge in [0.25, 0.3) is 5.56 Å². The van der Waals surface area contributed by atoms with Crippen LogP contribution in [0.1, 0.15) is 19.2 Å². The molecule has 5 rings (SSSR count). The van der Waals surface area contributed by atoms with Gasteiger partial charge in [0.2, 0.25) is 17.6 Å². The van der Waals surface area contributed by atoms with Gasteiger partial charge in [-0.1, -0.05) is 42.4 Å². The minimum atomic E-state index is -0.0570. The predicted octanol–water partition coefficient (Wildman–Crippen LogP) is 4.45. The number of fused-ring (bicyclic) bond motifs is 3. The molecule has 0 amide bonds.